The summed E-state index contributed by atoms with van der Waals surface area (Å²) in [5, 5.41) is 9.70. The summed E-state index contributed by atoms with van der Waals surface area (Å²) in [5.74, 6) is -0.848. The number of amides is 3. The average molecular weight is 601 g/mol. The van der Waals surface area contributed by atoms with Gasteiger partial charge in [-0.1, -0.05) is 36.5 Å². The van der Waals surface area contributed by atoms with Gasteiger partial charge in [0.1, 0.15) is 5.75 Å². The first-order valence-electron chi connectivity index (χ1n) is 12.8. The van der Waals surface area contributed by atoms with Gasteiger partial charge < -0.3 is 24.8 Å². The lowest BCUT2D eigenvalue weighted by Crippen LogP contribution is -2.32. The summed E-state index contributed by atoms with van der Waals surface area (Å²) >= 11 is 11.9. The molecule has 3 aromatic rings. The van der Waals surface area contributed by atoms with E-state index in [4.69, 9.17) is 37.4 Å². The number of carbonyl (C=O) groups is 3. The summed E-state index contributed by atoms with van der Waals surface area (Å²) in [7, 11) is 0. The van der Waals surface area contributed by atoms with Crippen LogP contribution >= 0.6 is 23.2 Å². The highest BCUT2D eigenvalue weighted by molar-refractivity contribution is 6.42. The Hall–Kier alpha value is -4.28. The van der Waals surface area contributed by atoms with Gasteiger partial charge in [0.25, 0.3) is 5.91 Å². The van der Waals surface area contributed by atoms with E-state index in [1.165, 1.54) is 12.3 Å². The topological polar surface area (TPSA) is 127 Å². The molecular formula is C29H30Cl2N4O6. The fourth-order valence-corrected chi connectivity index (χ4v) is 3.58. The first-order valence-corrected chi connectivity index (χ1v) is 13.6. The molecule has 0 unspecified atom stereocenters. The number of nitrogens with one attached hydrogen (secondary N) is 3. The van der Waals surface area contributed by atoms with E-state index in [1.54, 1.807) is 61.5 Å². The lowest BCUT2D eigenvalue weighted by atomic mass is 10.2. The highest BCUT2D eigenvalue weighted by atomic mass is 35.5. The quantitative estimate of drug-likeness (QED) is 0.100. The molecule has 0 fully saturated rings. The summed E-state index contributed by atoms with van der Waals surface area (Å²) in [6, 6.07) is 16.3. The van der Waals surface area contributed by atoms with Gasteiger partial charge in [-0.15, -0.1) is 0 Å². The standard InChI is InChI=1S/C29H30Cl2N4O6/c1-3-5-14-40-22-10-7-20(8-11-22)34-28(37)29(38)35-32-17-19-6-13-25(26(15-19)39-4-2)41-18-27(36)33-21-9-12-23(30)24(31)16-21/h6-13,15-17H,3-5,14,18H2,1-2H3,(H,33,36)(H,34,37)(H,35,38)/b32-17-. The van der Waals surface area contributed by atoms with Crippen LogP contribution in [0.2, 0.25) is 10.0 Å². The molecule has 0 aliphatic rings. The third-order valence-electron chi connectivity index (χ3n) is 5.29. The van der Waals surface area contributed by atoms with Crippen molar-refractivity contribution in [3.8, 4) is 17.2 Å². The molecule has 216 valence electrons. The monoisotopic (exact) mass is 600 g/mol. The first-order chi connectivity index (χ1) is 19.8. The maximum absolute atomic E-state index is 12.3. The molecule has 41 heavy (non-hydrogen) atoms. The van der Waals surface area contributed by atoms with Crippen LogP contribution in [0.1, 0.15) is 32.3 Å². The van der Waals surface area contributed by atoms with E-state index in [0.717, 1.165) is 12.8 Å². The fraction of sp³-hybridized carbons (Fsp3) is 0.241. The van der Waals surface area contributed by atoms with Crippen LogP contribution in [0, 0.1) is 0 Å². The minimum absolute atomic E-state index is 0.284. The number of hydrogen-bond acceptors (Lipinski definition) is 7. The highest BCUT2D eigenvalue weighted by Gasteiger charge is 2.14. The largest absolute Gasteiger partial charge is 0.494 e. The maximum Gasteiger partial charge on any atom is 0.329 e. The van der Waals surface area contributed by atoms with E-state index in [0.29, 0.717) is 57.4 Å². The zero-order valence-electron chi connectivity index (χ0n) is 22.5. The van der Waals surface area contributed by atoms with Crippen LogP contribution in [-0.4, -0.2) is 43.8 Å². The van der Waals surface area contributed by atoms with E-state index < -0.39 is 17.7 Å². The SMILES string of the molecule is CCCCOc1ccc(NC(=O)C(=O)N/N=C\c2ccc(OCC(=O)Nc3ccc(Cl)c(Cl)c3)c(OCC)c2)cc1. The van der Waals surface area contributed by atoms with Gasteiger partial charge in [0, 0.05) is 11.4 Å². The lowest BCUT2D eigenvalue weighted by molar-refractivity contribution is -0.136. The van der Waals surface area contributed by atoms with Gasteiger partial charge >= 0.3 is 11.8 Å². The number of hydrazone groups is 1. The second-order valence-corrected chi connectivity index (χ2v) is 9.30. The third-order valence-corrected chi connectivity index (χ3v) is 6.03. The summed E-state index contributed by atoms with van der Waals surface area (Å²) < 4.78 is 16.8. The van der Waals surface area contributed by atoms with Crippen molar-refractivity contribution in [3.63, 3.8) is 0 Å². The Labute approximate surface area is 248 Å². The van der Waals surface area contributed by atoms with Crippen molar-refractivity contribution in [3.05, 3.63) is 76.3 Å². The van der Waals surface area contributed by atoms with Gasteiger partial charge in [0.05, 0.1) is 29.5 Å². The molecule has 10 nitrogen and oxygen atoms in total. The number of hydrogen-bond donors (Lipinski definition) is 3. The number of rotatable bonds is 13. The molecular weight excluding hydrogens is 571 g/mol. The molecule has 3 rings (SSSR count). The minimum atomic E-state index is -0.942. The Morgan fingerprint density at radius 1 is 0.805 bits per heavy atom. The molecule has 3 aromatic carbocycles. The van der Waals surface area contributed by atoms with E-state index >= 15 is 0 Å². The zero-order chi connectivity index (χ0) is 29.6. The van der Waals surface area contributed by atoms with Crippen molar-refractivity contribution in [1.82, 2.24) is 5.43 Å². The Morgan fingerprint density at radius 3 is 2.27 bits per heavy atom. The van der Waals surface area contributed by atoms with Crippen molar-refractivity contribution < 1.29 is 28.6 Å². The second-order valence-electron chi connectivity index (χ2n) is 8.48. The molecule has 3 amide bonds. The molecule has 12 heteroatoms. The number of anilines is 2. The zero-order valence-corrected chi connectivity index (χ0v) is 24.1. The lowest BCUT2D eigenvalue weighted by Gasteiger charge is -2.13. The molecule has 0 saturated heterocycles. The Balaban J connectivity index is 1.51. The maximum atomic E-state index is 12.3. The van der Waals surface area contributed by atoms with Crippen LogP contribution in [0.15, 0.2) is 65.8 Å². The molecule has 0 bridgehead atoms. The molecule has 0 aliphatic heterocycles. The molecule has 0 spiro atoms. The fourth-order valence-electron chi connectivity index (χ4n) is 3.28. The smallest absolute Gasteiger partial charge is 0.329 e. The number of benzene rings is 3. The second kappa shape index (κ2) is 16.1. The highest BCUT2D eigenvalue weighted by Crippen LogP contribution is 2.28. The molecule has 0 radical (unpaired) electrons. The molecule has 0 saturated carbocycles. The Kier molecular flexibility index (Phi) is 12.3. The summed E-state index contributed by atoms with van der Waals surface area (Å²) in [6.07, 6.45) is 3.32. The van der Waals surface area contributed by atoms with Gasteiger partial charge in [-0.2, -0.15) is 5.10 Å². The van der Waals surface area contributed by atoms with Gasteiger partial charge in [0.2, 0.25) is 0 Å². The van der Waals surface area contributed by atoms with Crippen molar-refractivity contribution in [2.75, 3.05) is 30.5 Å². The first kappa shape index (κ1) is 31.3. The van der Waals surface area contributed by atoms with Gasteiger partial charge in [-0.25, -0.2) is 5.43 Å². The molecule has 0 atom stereocenters. The van der Waals surface area contributed by atoms with Crippen molar-refractivity contribution in [1.29, 1.82) is 0 Å². The Morgan fingerprint density at radius 2 is 1.56 bits per heavy atom. The minimum Gasteiger partial charge on any atom is -0.494 e. The van der Waals surface area contributed by atoms with Gasteiger partial charge in [0.15, 0.2) is 18.1 Å². The normalized spacial score (nSPS) is 10.6. The predicted octanol–water partition coefficient (Wildman–Crippen LogP) is 5.68. The average Bonchev–Trinajstić information content (AvgIpc) is 2.95. The van der Waals surface area contributed by atoms with Crippen molar-refractivity contribution >= 4 is 58.5 Å². The molecule has 0 aromatic heterocycles. The van der Waals surface area contributed by atoms with Crippen molar-refractivity contribution in [2.24, 2.45) is 5.10 Å². The molecule has 0 heterocycles. The summed E-state index contributed by atoms with van der Waals surface area (Å²) in [6.45, 7) is 4.55. The third kappa shape index (κ3) is 10.3. The molecule has 0 aliphatic carbocycles. The number of unbranched alkanes of at least 4 members (excludes halogenated alkanes) is 1. The van der Waals surface area contributed by atoms with Crippen LogP contribution in [0.3, 0.4) is 0 Å². The number of carbonyl (C=O) groups excluding carboxylic acids is 3. The molecule has 3 N–H and O–H groups in total. The summed E-state index contributed by atoms with van der Waals surface area (Å²) in [4.78, 5) is 36.7. The van der Waals surface area contributed by atoms with Crippen LogP contribution in [0.5, 0.6) is 17.2 Å². The van der Waals surface area contributed by atoms with Crippen molar-refractivity contribution in [2.45, 2.75) is 26.7 Å². The predicted molar refractivity (Wildman–Crippen MR) is 159 cm³/mol. The van der Waals surface area contributed by atoms with Crippen LogP contribution in [0.25, 0.3) is 0 Å². The number of nitrogens with zero attached hydrogens (tertiary/aromatic N) is 1. The van der Waals surface area contributed by atoms with Crippen LogP contribution in [-0.2, 0) is 14.4 Å². The van der Waals surface area contributed by atoms with E-state index in [1.807, 2.05) is 0 Å². The van der Waals surface area contributed by atoms with E-state index in [-0.39, 0.29) is 6.61 Å². The van der Waals surface area contributed by atoms with Crippen LogP contribution in [0.4, 0.5) is 11.4 Å². The summed E-state index contributed by atoms with van der Waals surface area (Å²) in [5.41, 5.74) is 3.66. The van der Waals surface area contributed by atoms with Crippen LogP contribution < -0.4 is 30.3 Å². The van der Waals surface area contributed by atoms with E-state index in [9.17, 15) is 14.4 Å². The van der Waals surface area contributed by atoms with Gasteiger partial charge in [-0.05, 0) is 79.6 Å². The number of ether oxygens (including phenoxy) is 3. The number of halogens is 2. The van der Waals surface area contributed by atoms with E-state index in [2.05, 4.69) is 28.1 Å². The Bertz CT molecular complexity index is 1380. The van der Waals surface area contributed by atoms with Gasteiger partial charge in [-0.3, -0.25) is 14.4 Å².